The molecule has 0 atom stereocenters. The molecular formula is C13H16N4O2. The number of nitrogens with zero attached hydrogens (tertiary/aromatic N) is 2. The minimum absolute atomic E-state index is 0.108. The second-order valence-corrected chi connectivity index (χ2v) is 4.65. The van der Waals surface area contributed by atoms with Gasteiger partial charge in [0.1, 0.15) is 11.6 Å². The van der Waals surface area contributed by atoms with Gasteiger partial charge in [0.05, 0.1) is 0 Å². The molecule has 3 N–H and O–H groups in total. The Bertz CT molecular complexity index is 604. The summed E-state index contributed by atoms with van der Waals surface area (Å²) in [5, 5.41) is 18.6. The molecule has 19 heavy (non-hydrogen) atoms. The fraction of sp³-hybridized carbons (Fsp3) is 0.308. The quantitative estimate of drug-likeness (QED) is 0.738. The maximum atomic E-state index is 12.0. The van der Waals surface area contributed by atoms with Crippen LogP contribution in [0, 0.1) is 6.92 Å². The van der Waals surface area contributed by atoms with Gasteiger partial charge < -0.3 is 10.4 Å². The maximum absolute atomic E-state index is 12.0. The number of aromatic nitrogens is 3. The number of benzene rings is 1. The van der Waals surface area contributed by atoms with Gasteiger partial charge >= 0.3 is 0 Å². The Kier molecular flexibility index (Phi) is 3.50. The van der Waals surface area contributed by atoms with Gasteiger partial charge in [0, 0.05) is 11.6 Å². The molecule has 0 aliphatic carbocycles. The number of rotatable bonds is 3. The summed E-state index contributed by atoms with van der Waals surface area (Å²) in [5.41, 5.74) is 1.40. The number of carbonyl (C=O) groups is 1. The van der Waals surface area contributed by atoms with Crippen LogP contribution in [0.3, 0.4) is 0 Å². The number of phenolic OH excluding ortho intramolecular Hbond substituents is 1. The summed E-state index contributed by atoms with van der Waals surface area (Å²) in [5.74, 6) is 0.751. The van der Waals surface area contributed by atoms with Crippen molar-refractivity contribution in [3.63, 3.8) is 0 Å². The number of aromatic hydroxyl groups is 1. The van der Waals surface area contributed by atoms with Crippen molar-refractivity contribution in [2.75, 3.05) is 5.32 Å². The van der Waals surface area contributed by atoms with Gasteiger partial charge in [-0.3, -0.25) is 9.89 Å². The molecule has 100 valence electrons. The molecule has 1 amide bonds. The Morgan fingerprint density at radius 3 is 2.74 bits per heavy atom. The monoisotopic (exact) mass is 260 g/mol. The van der Waals surface area contributed by atoms with Gasteiger partial charge in [-0.1, -0.05) is 13.8 Å². The number of hydrogen-bond donors (Lipinski definition) is 3. The summed E-state index contributed by atoms with van der Waals surface area (Å²) in [6.45, 7) is 5.73. The second kappa shape index (κ2) is 5.09. The molecule has 6 nitrogen and oxygen atoms in total. The number of nitrogens with one attached hydrogen (secondary N) is 2. The number of anilines is 1. The minimum atomic E-state index is -0.378. The average molecular weight is 260 g/mol. The number of amides is 1. The summed E-state index contributed by atoms with van der Waals surface area (Å²) in [6, 6.07) is 4.73. The molecule has 1 aromatic carbocycles. The first-order valence-electron chi connectivity index (χ1n) is 6.00. The zero-order valence-corrected chi connectivity index (χ0v) is 11.1. The molecule has 2 rings (SSSR count). The third kappa shape index (κ3) is 2.90. The highest BCUT2D eigenvalue weighted by Crippen LogP contribution is 2.20. The van der Waals surface area contributed by atoms with Gasteiger partial charge in [0.25, 0.3) is 5.91 Å². The van der Waals surface area contributed by atoms with Crippen LogP contribution in [0.15, 0.2) is 18.2 Å². The lowest BCUT2D eigenvalue weighted by atomic mass is 10.2. The lowest BCUT2D eigenvalue weighted by molar-refractivity contribution is 0.101. The van der Waals surface area contributed by atoms with Gasteiger partial charge in [-0.15, -0.1) is 5.10 Å². The SMILES string of the molecule is Cc1cc(O)ccc1NC(=O)c1n[nH]c(C(C)C)n1. The molecule has 2 aromatic rings. The number of aryl methyl sites for hydroxylation is 1. The van der Waals surface area contributed by atoms with E-state index in [0.717, 1.165) is 5.56 Å². The van der Waals surface area contributed by atoms with Gasteiger partial charge in [0.15, 0.2) is 0 Å². The van der Waals surface area contributed by atoms with E-state index in [9.17, 15) is 9.90 Å². The molecule has 0 spiro atoms. The van der Waals surface area contributed by atoms with E-state index in [-0.39, 0.29) is 23.4 Å². The van der Waals surface area contributed by atoms with E-state index in [2.05, 4.69) is 20.5 Å². The molecule has 6 heteroatoms. The molecule has 0 unspecified atom stereocenters. The van der Waals surface area contributed by atoms with E-state index in [1.807, 2.05) is 13.8 Å². The number of hydrogen-bond acceptors (Lipinski definition) is 4. The van der Waals surface area contributed by atoms with E-state index in [0.29, 0.717) is 11.5 Å². The molecular weight excluding hydrogens is 244 g/mol. The molecule has 0 radical (unpaired) electrons. The number of phenols is 1. The van der Waals surface area contributed by atoms with E-state index in [4.69, 9.17) is 0 Å². The van der Waals surface area contributed by atoms with Crippen LogP contribution in [0.5, 0.6) is 5.75 Å². The third-order valence-electron chi connectivity index (χ3n) is 2.71. The van der Waals surface area contributed by atoms with Crippen LogP contribution >= 0.6 is 0 Å². The number of H-pyrrole nitrogens is 1. The normalized spacial score (nSPS) is 10.7. The standard InChI is InChI=1S/C13H16N4O2/c1-7(2)11-15-12(17-16-11)13(19)14-10-5-4-9(18)6-8(10)3/h4-7,18H,1-3H3,(H,14,19)(H,15,16,17). The zero-order valence-electron chi connectivity index (χ0n) is 11.1. The van der Waals surface area contributed by atoms with Crippen molar-refractivity contribution in [3.8, 4) is 5.75 Å². The van der Waals surface area contributed by atoms with Crippen LogP contribution in [0.2, 0.25) is 0 Å². The second-order valence-electron chi connectivity index (χ2n) is 4.65. The van der Waals surface area contributed by atoms with Crippen molar-refractivity contribution in [3.05, 3.63) is 35.4 Å². The molecule has 0 aliphatic rings. The fourth-order valence-corrected chi connectivity index (χ4v) is 1.60. The molecule has 0 saturated carbocycles. The Morgan fingerprint density at radius 2 is 2.16 bits per heavy atom. The minimum Gasteiger partial charge on any atom is -0.508 e. The number of aromatic amines is 1. The lowest BCUT2D eigenvalue weighted by Crippen LogP contribution is -2.14. The maximum Gasteiger partial charge on any atom is 0.295 e. The first-order chi connectivity index (χ1) is 8.97. The zero-order chi connectivity index (χ0) is 14.0. The van der Waals surface area contributed by atoms with Gasteiger partial charge in [-0.2, -0.15) is 0 Å². The summed E-state index contributed by atoms with van der Waals surface area (Å²) >= 11 is 0. The Balaban J connectivity index is 2.16. The highest BCUT2D eigenvalue weighted by atomic mass is 16.3. The van der Waals surface area contributed by atoms with Crippen LogP contribution < -0.4 is 5.32 Å². The van der Waals surface area contributed by atoms with E-state index in [1.165, 1.54) is 6.07 Å². The van der Waals surface area contributed by atoms with Crippen molar-refractivity contribution < 1.29 is 9.90 Å². The highest BCUT2D eigenvalue weighted by Gasteiger charge is 2.15. The van der Waals surface area contributed by atoms with E-state index >= 15 is 0 Å². The largest absolute Gasteiger partial charge is 0.508 e. The van der Waals surface area contributed by atoms with Gasteiger partial charge in [0.2, 0.25) is 5.82 Å². The Labute approximate surface area is 110 Å². The molecule has 0 aliphatic heterocycles. The highest BCUT2D eigenvalue weighted by molar-refractivity contribution is 6.01. The summed E-state index contributed by atoms with van der Waals surface area (Å²) in [7, 11) is 0. The van der Waals surface area contributed by atoms with Crippen molar-refractivity contribution in [1.82, 2.24) is 15.2 Å². The Morgan fingerprint density at radius 1 is 1.42 bits per heavy atom. The molecule has 1 heterocycles. The van der Waals surface area contributed by atoms with Crippen molar-refractivity contribution >= 4 is 11.6 Å². The van der Waals surface area contributed by atoms with Gasteiger partial charge in [-0.05, 0) is 30.7 Å². The molecule has 0 bridgehead atoms. The first kappa shape index (κ1) is 13.1. The predicted octanol–water partition coefficient (Wildman–Crippen LogP) is 2.19. The smallest absolute Gasteiger partial charge is 0.295 e. The van der Waals surface area contributed by atoms with Crippen LogP contribution in [0.4, 0.5) is 5.69 Å². The van der Waals surface area contributed by atoms with Crippen molar-refractivity contribution in [1.29, 1.82) is 0 Å². The summed E-state index contributed by atoms with van der Waals surface area (Å²) in [4.78, 5) is 16.1. The molecule has 1 aromatic heterocycles. The van der Waals surface area contributed by atoms with Gasteiger partial charge in [-0.25, -0.2) is 4.98 Å². The predicted molar refractivity (Wildman–Crippen MR) is 71.3 cm³/mol. The topological polar surface area (TPSA) is 90.9 Å². The summed E-state index contributed by atoms with van der Waals surface area (Å²) < 4.78 is 0. The fourth-order valence-electron chi connectivity index (χ4n) is 1.60. The Hall–Kier alpha value is -2.37. The van der Waals surface area contributed by atoms with E-state index < -0.39 is 0 Å². The summed E-state index contributed by atoms with van der Waals surface area (Å²) in [6.07, 6.45) is 0. The molecule has 0 fully saturated rings. The number of carbonyl (C=O) groups excluding carboxylic acids is 1. The van der Waals surface area contributed by atoms with Crippen LogP contribution in [0.1, 0.15) is 41.8 Å². The third-order valence-corrected chi connectivity index (χ3v) is 2.71. The van der Waals surface area contributed by atoms with Crippen LogP contribution in [-0.4, -0.2) is 26.2 Å². The van der Waals surface area contributed by atoms with E-state index in [1.54, 1.807) is 19.1 Å². The van der Waals surface area contributed by atoms with Crippen molar-refractivity contribution in [2.24, 2.45) is 0 Å². The average Bonchev–Trinajstić information content (AvgIpc) is 2.82. The first-order valence-corrected chi connectivity index (χ1v) is 6.00. The van der Waals surface area contributed by atoms with Crippen LogP contribution in [-0.2, 0) is 0 Å². The molecule has 0 saturated heterocycles. The van der Waals surface area contributed by atoms with Crippen LogP contribution in [0.25, 0.3) is 0 Å². The van der Waals surface area contributed by atoms with Crippen molar-refractivity contribution in [2.45, 2.75) is 26.7 Å². The lowest BCUT2D eigenvalue weighted by Gasteiger charge is -2.06.